The van der Waals surface area contributed by atoms with E-state index in [4.69, 9.17) is 6.42 Å². The molecule has 1 N–H and O–H groups in total. The van der Waals surface area contributed by atoms with Crippen molar-refractivity contribution < 1.29 is 9.18 Å². The summed E-state index contributed by atoms with van der Waals surface area (Å²) in [6, 6.07) is 12.4. The van der Waals surface area contributed by atoms with Crippen LogP contribution in [0.3, 0.4) is 0 Å². The summed E-state index contributed by atoms with van der Waals surface area (Å²) in [7, 11) is 0. The summed E-state index contributed by atoms with van der Waals surface area (Å²) in [5.41, 5.74) is 4.07. The monoisotopic (exact) mass is 380 g/mol. The molecule has 4 heteroatoms. The van der Waals surface area contributed by atoms with Crippen LogP contribution in [-0.2, 0) is 11.3 Å². The number of anilines is 1. The van der Waals surface area contributed by atoms with Crippen LogP contribution in [0.15, 0.2) is 42.5 Å². The van der Waals surface area contributed by atoms with Crippen LogP contribution in [0.1, 0.15) is 56.2 Å². The molecule has 0 saturated heterocycles. The molecule has 2 aromatic carbocycles. The van der Waals surface area contributed by atoms with E-state index in [1.165, 1.54) is 12.1 Å². The van der Waals surface area contributed by atoms with Crippen LogP contribution < -0.4 is 5.32 Å². The molecular weight excluding hydrogens is 351 g/mol. The number of para-hydroxylation sites is 1. The summed E-state index contributed by atoms with van der Waals surface area (Å²) in [5.74, 6) is 2.82. The van der Waals surface area contributed by atoms with Gasteiger partial charge in [0.1, 0.15) is 5.82 Å². The maximum atomic E-state index is 13.1. The highest BCUT2D eigenvalue weighted by atomic mass is 19.1. The van der Waals surface area contributed by atoms with E-state index in [0.29, 0.717) is 24.9 Å². The Kier molecular flexibility index (Phi) is 7.78. The van der Waals surface area contributed by atoms with Gasteiger partial charge in [0.05, 0.1) is 13.1 Å². The van der Waals surface area contributed by atoms with Crippen molar-refractivity contribution in [2.75, 3.05) is 18.4 Å². The van der Waals surface area contributed by atoms with Gasteiger partial charge in [-0.15, -0.1) is 6.42 Å². The number of nitrogens with one attached hydrogen (secondary N) is 1. The smallest absolute Gasteiger partial charge is 0.238 e. The van der Waals surface area contributed by atoms with Gasteiger partial charge in [0.15, 0.2) is 0 Å². The Bertz CT molecular complexity index is 808. The van der Waals surface area contributed by atoms with Gasteiger partial charge in [-0.25, -0.2) is 4.39 Å². The zero-order valence-corrected chi connectivity index (χ0v) is 17.1. The molecular formula is C24H29FN2O. The number of rotatable bonds is 8. The second-order valence-electron chi connectivity index (χ2n) is 7.64. The molecule has 0 aliphatic carbocycles. The maximum Gasteiger partial charge on any atom is 0.238 e. The molecule has 0 aliphatic rings. The van der Waals surface area contributed by atoms with Gasteiger partial charge in [-0.05, 0) is 40.7 Å². The Hall–Kier alpha value is -2.64. The molecule has 0 atom stereocenters. The Morgan fingerprint density at radius 2 is 1.64 bits per heavy atom. The SMILES string of the molecule is C#CCN(CC(=O)Nc1c(C(C)C)cccc1C(C)C)Cc1ccc(F)cc1. The molecule has 0 bridgehead atoms. The van der Waals surface area contributed by atoms with Crippen LogP contribution in [0.25, 0.3) is 0 Å². The quantitative estimate of drug-likeness (QED) is 0.643. The van der Waals surface area contributed by atoms with Crippen LogP contribution in [0.4, 0.5) is 10.1 Å². The number of terminal acetylenes is 1. The molecule has 0 aliphatic heterocycles. The fourth-order valence-corrected chi connectivity index (χ4v) is 3.22. The second kappa shape index (κ2) is 10.1. The van der Waals surface area contributed by atoms with Gasteiger partial charge in [-0.1, -0.05) is 63.9 Å². The molecule has 28 heavy (non-hydrogen) atoms. The molecule has 1 amide bonds. The Balaban J connectivity index is 2.17. The second-order valence-corrected chi connectivity index (χ2v) is 7.64. The summed E-state index contributed by atoms with van der Waals surface area (Å²) in [5, 5.41) is 3.12. The summed E-state index contributed by atoms with van der Waals surface area (Å²) < 4.78 is 13.1. The fourth-order valence-electron chi connectivity index (χ4n) is 3.22. The number of hydrogen-bond donors (Lipinski definition) is 1. The lowest BCUT2D eigenvalue weighted by molar-refractivity contribution is -0.117. The standard InChI is InChI=1S/C24H29FN2O/c1-6-14-27(15-19-10-12-20(25)13-11-19)16-23(28)26-24-21(17(2)3)8-7-9-22(24)18(4)5/h1,7-13,17-18H,14-16H2,2-5H3,(H,26,28). The topological polar surface area (TPSA) is 32.3 Å². The molecule has 0 unspecified atom stereocenters. The first kappa shape index (κ1) is 21.7. The van der Waals surface area contributed by atoms with Gasteiger partial charge in [-0.2, -0.15) is 0 Å². The Morgan fingerprint density at radius 3 is 2.14 bits per heavy atom. The predicted molar refractivity (Wildman–Crippen MR) is 114 cm³/mol. The molecule has 0 fully saturated rings. The van der Waals surface area contributed by atoms with Gasteiger partial charge in [0.25, 0.3) is 0 Å². The molecule has 0 spiro atoms. The van der Waals surface area contributed by atoms with E-state index < -0.39 is 0 Å². The van der Waals surface area contributed by atoms with Crippen molar-refractivity contribution in [2.45, 2.75) is 46.1 Å². The molecule has 2 rings (SSSR count). The minimum absolute atomic E-state index is 0.104. The zero-order valence-electron chi connectivity index (χ0n) is 17.1. The van der Waals surface area contributed by atoms with Crippen LogP contribution >= 0.6 is 0 Å². The van der Waals surface area contributed by atoms with Crippen molar-refractivity contribution in [1.29, 1.82) is 0 Å². The van der Waals surface area contributed by atoms with Crippen molar-refractivity contribution in [3.63, 3.8) is 0 Å². The molecule has 148 valence electrons. The summed E-state index contributed by atoms with van der Waals surface area (Å²) in [4.78, 5) is 14.7. The first-order valence-electron chi connectivity index (χ1n) is 9.64. The Labute approximate surface area is 168 Å². The van der Waals surface area contributed by atoms with Gasteiger partial charge >= 0.3 is 0 Å². The lowest BCUT2D eigenvalue weighted by Gasteiger charge is -2.23. The number of hydrogen-bond acceptors (Lipinski definition) is 2. The third-order valence-corrected chi connectivity index (χ3v) is 4.64. The highest BCUT2D eigenvalue weighted by Gasteiger charge is 2.17. The largest absolute Gasteiger partial charge is 0.324 e. The first-order valence-corrected chi connectivity index (χ1v) is 9.64. The van der Waals surface area contributed by atoms with Crippen LogP contribution in [0.5, 0.6) is 0 Å². The highest BCUT2D eigenvalue weighted by molar-refractivity contribution is 5.94. The van der Waals surface area contributed by atoms with E-state index in [9.17, 15) is 9.18 Å². The average Bonchev–Trinajstić information content (AvgIpc) is 2.63. The lowest BCUT2D eigenvalue weighted by atomic mass is 9.92. The molecule has 0 heterocycles. The van der Waals surface area contributed by atoms with Crippen molar-refractivity contribution in [3.05, 3.63) is 65.0 Å². The van der Waals surface area contributed by atoms with Crippen LogP contribution in [0.2, 0.25) is 0 Å². The number of carbonyl (C=O) groups excluding carboxylic acids is 1. The van der Waals surface area contributed by atoms with Gasteiger partial charge in [0, 0.05) is 12.2 Å². The van der Waals surface area contributed by atoms with E-state index in [1.807, 2.05) is 11.0 Å². The van der Waals surface area contributed by atoms with Crippen molar-refractivity contribution in [1.82, 2.24) is 4.90 Å². The van der Waals surface area contributed by atoms with Gasteiger partial charge in [0.2, 0.25) is 5.91 Å². The van der Waals surface area contributed by atoms with Crippen LogP contribution in [0, 0.1) is 18.2 Å². The zero-order chi connectivity index (χ0) is 20.7. The van der Waals surface area contributed by atoms with E-state index in [-0.39, 0.29) is 18.3 Å². The number of nitrogens with zero attached hydrogens (tertiary/aromatic N) is 1. The Morgan fingerprint density at radius 1 is 1.07 bits per heavy atom. The average molecular weight is 381 g/mol. The van der Waals surface area contributed by atoms with Crippen molar-refractivity contribution in [3.8, 4) is 12.3 Å². The van der Waals surface area contributed by atoms with E-state index in [0.717, 1.165) is 22.4 Å². The molecule has 0 radical (unpaired) electrons. The molecule has 2 aromatic rings. The van der Waals surface area contributed by atoms with Crippen molar-refractivity contribution >= 4 is 11.6 Å². The van der Waals surface area contributed by atoms with E-state index in [1.54, 1.807) is 12.1 Å². The minimum Gasteiger partial charge on any atom is -0.324 e. The highest BCUT2D eigenvalue weighted by Crippen LogP contribution is 2.32. The normalized spacial score (nSPS) is 11.1. The summed E-state index contributed by atoms with van der Waals surface area (Å²) in [6.45, 7) is 9.48. The first-order chi connectivity index (χ1) is 13.3. The third kappa shape index (κ3) is 5.94. The molecule has 3 nitrogen and oxygen atoms in total. The van der Waals surface area contributed by atoms with Crippen LogP contribution in [-0.4, -0.2) is 23.9 Å². The number of carbonyl (C=O) groups is 1. The summed E-state index contributed by atoms with van der Waals surface area (Å²) >= 11 is 0. The lowest BCUT2D eigenvalue weighted by Crippen LogP contribution is -2.33. The van der Waals surface area contributed by atoms with Crippen molar-refractivity contribution in [2.24, 2.45) is 0 Å². The minimum atomic E-state index is -0.281. The summed E-state index contributed by atoms with van der Waals surface area (Å²) in [6.07, 6.45) is 5.48. The molecule has 0 aromatic heterocycles. The number of halogens is 1. The fraction of sp³-hybridized carbons (Fsp3) is 0.375. The predicted octanol–water partition coefficient (Wildman–Crippen LogP) is 5.15. The molecule has 0 saturated carbocycles. The van der Waals surface area contributed by atoms with Gasteiger partial charge < -0.3 is 5.32 Å². The van der Waals surface area contributed by atoms with E-state index >= 15 is 0 Å². The maximum absolute atomic E-state index is 13.1. The number of amides is 1. The van der Waals surface area contributed by atoms with Gasteiger partial charge in [-0.3, -0.25) is 9.69 Å². The number of benzene rings is 2. The van der Waals surface area contributed by atoms with E-state index in [2.05, 4.69) is 51.1 Å². The third-order valence-electron chi connectivity index (χ3n) is 4.64.